The van der Waals surface area contributed by atoms with Crippen LogP contribution in [0.4, 0.5) is 10.7 Å². The van der Waals surface area contributed by atoms with Crippen LogP contribution in [0.2, 0.25) is 0 Å². The Kier molecular flexibility index (Phi) is 4.15. The molecule has 3 N–H and O–H groups in total. The number of hydrogen-bond donors (Lipinski definition) is 2. The van der Waals surface area contributed by atoms with E-state index in [0.29, 0.717) is 29.8 Å². The largest absolute Gasteiger partial charge is 0.397 e. The zero-order valence-corrected chi connectivity index (χ0v) is 12.4. The summed E-state index contributed by atoms with van der Waals surface area (Å²) in [6.45, 7) is 1.81. The summed E-state index contributed by atoms with van der Waals surface area (Å²) >= 11 is 1.35. The number of thiophene rings is 1. The van der Waals surface area contributed by atoms with E-state index in [4.69, 9.17) is 5.73 Å². The first-order chi connectivity index (χ1) is 8.91. The average molecular weight is 302 g/mol. The molecule has 0 saturated carbocycles. The first kappa shape index (κ1) is 14.3. The van der Waals surface area contributed by atoms with Crippen molar-refractivity contribution < 1.29 is 13.2 Å². The molecule has 0 amide bonds. The van der Waals surface area contributed by atoms with Crippen molar-refractivity contribution in [3.8, 4) is 0 Å². The van der Waals surface area contributed by atoms with Crippen molar-refractivity contribution in [1.82, 2.24) is 0 Å². The molecular formula is C12H18N2O3S2. The Balaban J connectivity index is 2.03. The second kappa shape index (κ2) is 5.50. The smallest absolute Gasteiger partial charge is 0.174 e. The molecule has 0 aromatic carbocycles. The van der Waals surface area contributed by atoms with E-state index in [1.54, 1.807) is 13.0 Å². The second-order valence-electron chi connectivity index (χ2n) is 4.74. The van der Waals surface area contributed by atoms with Gasteiger partial charge in [-0.05, 0) is 18.9 Å². The number of ketones is 1. The maximum absolute atomic E-state index is 11.6. The van der Waals surface area contributed by atoms with E-state index < -0.39 is 9.84 Å². The minimum atomic E-state index is -2.84. The number of carbonyl (C=O) groups excluding carboxylic acids is 1. The molecule has 1 fully saturated rings. The summed E-state index contributed by atoms with van der Waals surface area (Å²) in [5, 5.41) is 4.13. The van der Waals surface area contributed by atoms with Gasteiger partial charge in [0.1, 0.15) is 9.84 Å². The standard InChI is InChI=1S/C12H18N2O3S2/c1-2-10(15)12-9(13)7-11(18-12)14-8-3-5-19(16,17)6-4-8/h7-8,14H,2-6,13H2,1H3. The number of sulfone groups is 1. The van der Waals surface area contributed by atoms with Crippen LogP contribution < -0.4 is 11.1 Å². The van der Waals surface area contributed by atoms with Crippen LogP contribution in [-0.2, 0) is 9.84 Å². The van der Waals surface area contributed by atoms with Crippen molar-refractivity contribution in [2.24, 2.45) is 0 Å². The van der Waals surface area contributed by atoms with Crippen molar-refractivity contribution in [2.45, 2.75) is 32.2 Å². The molecule has 0 spiro atoms. The zero-order chi connectivity index (χ0) is 14.0. The molecular weight excluding hydrogens is 284 g/mol. The lowest BCUT2D eigenvalue weighted by Crippen LogP contribution is -2.31. The van der Waals surface area contributed by atoms with E-state index in [9.17, 15) is 13.2 Å². The minimum absolute atomic E-state index is 0.0433. The molecule has 1 aliphatic rings. The zero-order valence-electron chi connectivity index (χ0n) is 10.8. The molecule has 7 heteroatoms. The van der Waals surface area contributed by atoms with E-state index in [-0.39, 0.29) is 23.3 Å². The maximum Gasteiger partial charge on any atom is 0.174 e. The van der Waals surface area contributed by atoms with Gasteiger partial charge in [-0.2, -0.15) is 0 Å². The fraction of sp³-hybridized carbons (Fsp3) is 0.583. The van der Waals surface area contributed by atoms with E-state index in [2.05, 4.69) is 5.32 Å². The van der Waals surface area contributed by atoms with Crippen molar-refractivity contribution in [2.75, 3.05) is 22.6 Å². The van der Waals surface area contributed by atoms with Gasteiger partial charge >= 0.3 is 0 Å². The highest BCUT2D eigenvalue weighted by Gasteiger charge is 2.24. The third-order valence-electron chi connectivity index (χ3n) is 3.24. The van der Waals surface area contributed by atoms with E-state index >= 15 is 0 Å². The third-order valence-corrected chi connectivity index (χ3v) is 6.07. The number of nitrogens with two attached hydrogens (primary N) is 1. The van der Waals surface area contributed by atoms with Crippen molar-refractivity contribution in [1.29, 1.82) is 0 Å². The van der Waals surface area contributed by atoms with Gasteiger partial charge < -0.3 is 11.1 Å². The van der Waals surface area contributed by atoms with Crippen LogP contribution >= 0.6 is 11.3 Å². The Morgan fingerprint density at radius 3 is 2.68 bits per heavy atom. The van der Waals surface area contributed by atoms with Gasteiger partial charge in [-0.3, -0.25) is 4.79 Å². The minimum Gasteiger partial charge on any atom is -0.397 e. The number of rotatable bonds is 4. The maximum atomic E-state index is 11.6. The molecule has 1 aromatic heterocycles. The molecule has 106 valence electrons. The molecule has 0 atom stereocenters. The highest BCUT2D eigenvalue weighted by molar-refractivity contribution is 7.91. The van der Waals surface area contributed by atoms with Crippen LogP contribution in [0.15, 0.2) is 6.07 Å². The van der Waals surface area contributed by atoms with Crippen LogP contribution in [0, 0.1) is 0 Å². The Bertz CT molecular complexity index is 564. The monoisotopic (exact) mass is 302 g/mol. The van der Waals surface area contributed by atoms with E-state index in [1.807, 2.05) is 0 Å². The molecule has 2 heterocycles. The predicted octanol–water partition coefficient (Wildman–Crippen LogP) is 1.91. The normalized spacial score (nSPS) is 19.2. The van der Waals surface area contributed by atoms with Gasteiger partial charge in [0.2, 0.25) is 0 Å². The van der Waals surface area contributed by atoms with Crippen LogP contribution in [0.3, 0.4) is 0 Å². The molecule has 1 aliphatic heterocycles. The second-order valence-corrected chi connectivity index (χ2v) is 8.10. The topological polar surface area (TPSA) is 89.3 Å². The molecule has 1 saturated heterocycles. The Hall–Kier alpha value is -1.08. The molecule has 2 rings (SSSR count). The summed E-state index contributed by atoms with van der Waals surface area (Å²) in [7, 11) is -2.84. The predicted molar refractivity (Wildman–Crippen MR) is 78.7 cm³/mol. The van der Waals surface area contributed by atoms with Gasteiger partial charge in [0.25, 0.3) is 0 Å². The quantitative estimate of drug-likeness (QED) is 0.829. The molecule has 5 nitrogen and oxygen atoms in total. The number of nitrogen functional groups attached to an aromatic ring is 1. The highest BCUT2D eigenvalue weighted by Crippen LogP contribution is 2.31. The van der Waals surface area contributed by atoms with Crippen LogP contribution in [0.25, 0.3) is 0 Å². The van der Waals surface area contributed by atoms with Crippen LogP contribution in [0.5, 0.6) is 0 Å². The first-order valence-corrected chi connectivity index (χ1v) is 8.94. The summed E-state index contributed by atoms with van der Waals surface area (Å²) in [5.41, 5.74) is 6.32. The fourth-order valence-corrected chi connectivity index (χ4v) is 4.65. The summed E-state index contributed by atoms with van der Waals surface area (Å²) < 4.78 is 22.7. The number of carbonyl (C=O) groups is 1. The Morgan fingerprint density at radius 2 is 2.11 bits per heavy atom. The summed E-state index contributed by atoms with van der Waals surface area (Å²) in [4.78, 5) is 12.2. The summed E-state index contributed by atoms with van der Waals surface area (Å²) in [6, 6.07) is 1.91. The number of hydrogen-bond acceptors (Lipinski definition) is 6. The molecule has 0 unspecified atom stereocenters. The molecule has 1 aromatic rings. The lowest BCUT2D eigenvalue weighted by atomic mass is 10.1. The van der Waals surface area contributed by atoms with Gasteiger partial charge in [0.05, 0.1) is 27.1 Å². The van der Waals surface area contributed by atoms with Crippen molar-refractivity contribution in [3.63, 3.8) is 0 Å². The Labute approximate surface area is 117 Å². The van der Waals surface area contributed by atoms with Gasteiger partial charge in [-0.1, -0.05) is 6.92 Å². The molecule has 0 radical (unpaired) electrons. The van der Waals surface area contributed by atoms with Gasteiger partial charge in [0, 0.05) is 12.5 Å². The average Bonchev–Trinajstić information content (AvgIpc) is 2.72. The molecule has 19 heavy (non-hydrogen) atoms. The van der Waals surface area contributed by atoms with E-state index in [1.165, 1.54) is 11.3 Å². The number of Topliss-reactive ketones (excluding diaryl/α,β-unsaturated/α-hetero) is 1. The summed E-state index contributed by atoms with van der Waals surface area (Å²) in [6.07, 6.45) is 1.65. The van der Waals surface area contributed by atoms with Crippen molar-refractivity contribution >= 4 is 37.6 Å². The number of nitrogens with one attached hydrogen (secondary N) is 1. The lowest BCUT2D eigenvalue weighted by molar-refractivity contribution is 0.0993. The SMILES string of the molecule is CCC(=O)c1sc(NC2CCS(=O)(=O)CC2)cc1N. The van der Waals surface area contributed by atoms with Gasteiger partial charge in [-0.25, -0.2) is 8.42 Å². The first-order valence-electron chi connectivity index (χ1n) is 6.30. The highest BCUT2D eigenvalue weighted by atomic mass is 32.2. The van der Waals surface area contributed by atoms with E-state index in [0.717, 1.165) is 5.00 Å². The van der Waals surface area contributed by atoms with Crippen LogP contribution in [0.1, 0.15) is 35.9 Å². The Morgan fingerprint density at radius 1 is 1.47 bits per heavy atom. The third kappa shape index (κ3) is 3.48. The van der Waals surface area contributed by atoms with Crippen LogP contribution in [-0.4, -0.2) is 31.7 Å². The fourth-order valence-electron chi connectivity index (χ4n) is 2.09. The van der Waals surface area contributed by atoms with Gasteiger partial charge in [0.15, 0.2) is 5.78 Å². The van der Waals surface area contributed by atoms with Crippen molar-refractivity contribution in [3.05, 3.63) is 10.9 Å². The van der Waals surface area contributed by atoms with Gasteiger partial charge in [-0.15, -0.1) is 11.3 Å². The number of anilines is 2. The summed E-state index contributed by atoms with van der Waals surface area (Å²) in [5.74, 6) is 0.500. The molecule has 0 bridgehead atoms. The lowest BCUT2D eigenvalue weighted by Gasteiger charge is -2.23. The molecule has 0 aliphatic carbocycles.